The summed E-state index contributed by atoms with van der Waals surface area (Å²) in [6, 6.07) is 0. The van der Waals surface area contributed by atoms with E-state index in [1.165, 1.54) is 5.57 Å². The first-order chi connectivity index (χ1) is 4.33. The van der Waals surface area contributed by atoms with Crippen LogP contribution in [0.15, 0.2) is 24.4 Å². The molecule has 0 fully saturated rings. The molecule has 1 heteroatoms. The van der Waals surface area contributed by atoms with Crippen molar-refractivity contribution in [3.63, 3.8) is 0 Å². The van der Waals surface area contributed by atoms with Gasteiger partial charge in [0.25, 0.3) is 0 Å². The molecule has 0 atom stereocenters. The predicted octanol–water partition coefficient (Wildman–Crippen LogP) is 1.78. The quantitative estimate of drug-likeness (QED) is 0.513. The van der Waals surface area contributed by atoms with E-state index in [2.05, 4.69) is 30.7 Å². The molecule has 50 valence electrons. The van der Waals surface area contributed by atoms with Gasteiger partial charge in [-0.1, -0.05) is 12.2 Å². The smallest absolute Gasteiger partial charge is 0.0212 e. The van der Waals surface area contributed by atoms with E-state index in [9.17, 15) is 0 Å². The lowest BCUT2D eigenvalue weighted by Gasteiger charge is -2.21. The summed E-state index contributed by atoms with van der Waals surface area (Å²) in [7, 11) is 0. The van der Waals surface area contributed by atoms with Crippen molar-refractivity contribution in [1.82, 2.24) is 4.90 Å². The van der Waals surface area contributed by atoms with Crippen LogP contribution in [0, 0.1) is 0 Å². The lowest BCUT2D eigenvalue weighted by molar-refractivity contribution is 0.391. The average Bonchev–Trinajstić information content (AvgIpc) is 1.90. The summed E-state index contributed by atoms with van der Waals surface area (Å²) in [5.41, 5.74) is 1.25. The Labute approximate surface area is 56.7 Å². The van der Waals surface area contributed by atoms with E-state index in [0.29, 0.717) is 0 Å². The molecule has 1 aliphatic heterocycles. The standard InChI is InChI=1S/C8H13N/c1-3-9-6-4-8(2)5-7-9/h4,6H,2-3,5,7H2,1H3. The Bertz CT molecular complexity index is 136. The highest BCUT2D eigenvalue weighted by Crippen LogP contribution is 2.08. The summed E-state index contributed by atoms with van der Waals surface area (Å²) >= 11 is 0. The molecule has 0 unspecified atom stereocenters. The summed E-state index contributed by atoms with van der Waals surface area (Å²) in [6.07, 6.45) is 5.34. The van der Waals surface area contributed by atoms with E-state index in [1.54, 1.807) is 0 Å². The van der Waals surface area contributed by atoms with Gasteiger partial charge in [-0.15, -0.1) is 0 Å². The summed E-state index contributed by atoms with van der Waals surface area (Å²) in [6.45, 7) is 8.29. The first-order valence-electron chi connectivity index (χ1n) is 3.43. The molecule has 0 saturated carbocycles. The van der Waals surface area contributed by atoms with E-state index in [-0.39, 0.29) is 0 Å². The third-order valence-corrected chi connectivity index (χ3v) is 1.65. The molecular formula is C8H13N. The van der Waals surface area contributed by atoms with Gasteiger partial charge in [0.1, 0.15) is 0 Å². The predicted molar refractivity (Wildman–Crippen MR) is 40.1 cm³/mol. The molecule has 0 amide bonds. The molecule has 0 aromatic heterocycles. The van der Waals surface area contributed by atoms with Crippen molar-refractivity contribution < 1.29 is 0 Å². The molecule has 0 aliphatic carbocycles. The number of nitrogens with zero attached hydrogens (tertiary/aromatic N) is 1. The van der Waals surface area contributed by atoms with Gasteiger partial charge in [0.2, 0.25) is 0 Å². The SMILES string of the molecule is C=C1C=CN(CC)CC1. The zero-order valence-corrected chi connectivity index (χ0v) is 5.93. The highest BCUT2D eigenvalue weighted by molar-refractivity contribution is 5.17. The molecule has 1 aliphatic rings. The first-order valence-corrected chi connectivity index (χ1v) is 3.43. The van der Waals surface area contributed by atoms with Crippen molar-refractivity contribution in [3.8, 4) is 0 Å². The Morgan fingerprint density at radius 1 is 1.78 bits per heavy atom. The van der Waals surface area contributed by atoms with Crippen LogP contribution in [-0.4, -0.2) is 18.0 Å². The molecular weight excluding hydrogens is 110 g/mol. The average molecular weight is 123 g/mol. The fourth-order valence-corrected chi connectivity index (χ4v) is 0.919. The van der Waals surface area contributed by atoms with Crippen LogP contribution in [0.4, 0.5) is 0 Å². The van der Waals surface area contributed by atoms with Crippen LogP contribution < -0.4 is 0 Å². The fourth-order valence-electron chi connectivity index (χ4n) is 0.919. The van der Waals surface area contributed by atoms with Crippen molar-refractivity contribution in [1.29, 1.82) is 0 Å². The normalized spacial score (nSPS) is 18.8. The second kappa shape index (κ2) is 2.72. The van der Waals surface area contributed by atoms with Gasteiger partial charge in [-0.3, -0.25) is 0 Å². The lowest BCUT2D eigenvalue weighted by Crippen LogP contribution is -2.20. The van der Waals surface area contributed by atoms with Crippen LogP contribution in [0.3, 0.4) is 0 Å². The maximum atomic E-state index is 3.87. The van der Waals surface area contributed by atoms with Crippen molar-refractivity contribution in [2.24, 2.45) is 0 Å². The molecule has 1 rings (SSSR count). The van der Waals surface area contributed by atoms with Gasteiger partial charge in [0.05, 0.1) is 0 Å². The van der Waals surface area contributed by atoms with Gasteiger partial charge in [0.15, 0.2) is 0 Å². The number of rotatable bonds is 1. The maximum Gasteiger partial charge on any atom is 0.0212 e. The van der Waals surface area contributed by atoms with Crippen LogP contribution in [0.25, 0.3) is 0 Å². The van der Waals surface area contributed by atoms with Crippen LogP contribution in [-0.2, 0) is 0 Å². The molecule has 0 spiro atoms. The van der Waals surface area contributed by atoms with Crippen LogP contribution in [0.1, 0.15) is 13.3 Å². The molecule has 1 heterocycles. The minimum absolute atomic E-state index is 1.11. The minimum Gasteiger partial charge on any atom is -0.377 e. The van der Waals surface area contributed by atoms with E-state index < -0.39 is 0 Å². The highest BCUT2D eigenvalue weighted by atomic mass is 15.1. The van der Waals surface area contributed by atoms with Gasteiger partial charge in [-0.05, 0) is 25.6 Å². The Balaban J connectivity index is 2.48. The second-order valence-electron chi connectivity index (χ2n) is 2.35. The van der Waals surface area contributed by atoms with E-state index in [1.807, 2.05) is 0 Å². The molecule has 0 aromatic carbocycles. The Morgan fingerprint density at radius 3 is 3.00 bits per heavy atom. The van der Waals surface area contributed by atoms with Gasteiger partial charge in [-0.25, -0.2) is 0 Å². The minimum atomic E-state index is 1.11. The molecule has 0 radical (unpaired) electrons. The fraction of sp³-hybridized carbons (Fsp3) is 0.500. The van der Waals surface area contributed by atoms with Crippen molar-refractivity contribution in [2.45, 2.75) is 13.3 Å². The third kappa shape index (κ3) is 1.60. The molecule has 0 saturated heterocycles. The van der Waals surface area contributed by atoms with Crippen molar-refractivity contribution in [2.75, 3.05) is 13.1 Å². The lowest BCUT2D eigenvalue weighted by atomic mass is 10.1. The molecule has 1 nitrogen and oxygen atoms in total. The molecule has 0 aromatic rings. The van der Waals surface area contributed by atoms with E-state index in [0.717, 1.165) is 19.5 Å². The molecule has 9 heavy (non-hydrogen) atoms. The monoisotopic (exact) mass is 123 g/mol. The summed E-state index contributed by atoms with van der Waals surface area (Å²) in [5.74, 6) is 0. The third-order valence-electron chi connectivity index (χ3n) is 1.65. The van der Waals surface area contributed by atoms with Crippen molar-refractivity contribution >= 4 is 0 Å². The van der Waals surface area contributed by atoms with Gasteiger partial charge in [-0.2, -0.15) is 0 Å². The number of hydrogen-bond donors (Lipinski definition) is 0. The first kappa shape index (κ1) is 6.40. The van der Waals surface area contributed by atoms with Gasteiger partial charge < -0.3 is 4.90 Å². The zero-order valence-electron chi connectivity index (χ0n) is 5.93. The maximum absolute atomic E-state index is 3.87. The molecule has 0 bridgehead atoms. The largest absolute Gasteiger partial charge is 0.377 e. The van der Waals surface area contributed by atoms with Gasteiger partial charge >= 0.3 is 0 Å². The topological polar surface area (TPSA) is 3.24 Å². The van der Waals surface area contributed by atoms with Crippen LogP contribution in [0.5, 0.6) is 0 Å². The van der Waals surface area contributed by atoms with Crippen LogP contribution >= 0.6 is 0 Å². The Morgan fingerprint density at radius 2 is 2.56 bits per heavy atom. The summed E-state index contributed by atoms with van der Waals surface area (Å²) in [5, 5.41) is 0. The Kier molecular flexibility index (Phi) is 1.93. The zero-order chi connectivity index (χ0) is 6.69. The van der Waals surface area contributed by atoms with Crippen LogP contribution in [0.2, 0.25) is 0 Å². The summed E-state index contributed by atoms with van der Waals surface area (Å²) in [4.78, 5) is 2.29. The number of allylic oxidation sites excluding steroid dienone is 1. The van der Waals surface area contributed by atoms with E-state index in [4.69, 9.17) is 0 Å². The second-order valence-corrected chi connectivity index (χ2v) is 2.35. The molecule has 0 N–H and O–H groups in total. The van der Waals surface area contributed by atoms with E-state index >= 15 is 0 Å². The summed E-state index contributed by atoms with van der Waals surface area (Å²) < 4.78 is 0. The van der Waals surface area contributed by atoms with Gasteiger partial charge in [0, 0.05) is 13.1 Å². The van der Waals surface area contributed by atoms with Crippen molar-refractivity contribution in [3.05, 3.63) is 24.4 Å². The Hall–Kier alpha value is -0.720. The highest BCUT2D eigenvalue weighted by Gasteiger charge is 2.01. The number of hydrogen-bond acceptors (Lipinski definition) is 1.